The van der Waals surface area contributed by atoms with E-state index in [1.807, 2.05) is 0 Å². The summed E-state index contributed by atoms with van der Waals surface area (Å²) in [6.07, 6.45) is -1.80. The summed E-state index contributed by atoms with van der Waals surface area (Å²) in [5.74, 6) is -0.911. The van der Waals surface area contributed by atoms with Crippen molar-refractivity contribution < 1.29 is 24.2 Å². The normalized spacial score (nSPS) is 14.9. The van der Waals surface area contributed by atoms with Crippen LogP contribution in [0.5, 0.6) is 0 Å². The first-order valence-corrected chi connectivity index (χ1v) is 5.84. The van der Waals surface area contributed by atoms with E-state index in [2.05, 4.69) is 10.1 Å². The first-order valence-electron chi connectivity index (χ1n) is 5.84. The first-order chi connectivity index (χ1) is 8.08. The van der Waals surface area contributed by atoms with Crippen LogP contribution in [0.2, 0.25) is 0 Å². The Morgan fingerprint density at radius 3 is 2.06 bits per heavy atom. The highest BCUT2D eigenvalue weighted by Gasteiger charge is 2.32. The molecule has 0 aliphatic carbocycles. The highest BCUT2D eigenvalue weighted by Crippen LogP contribution is 2.11. The van der Waals surface area contributed by atoms with Crippen molar-refractivity contribution in [2.75, 3.05) is 7.11 Å². The Morgan fingerprint density at radius 1 is 1.22 bits per heavy atom. The maximum Gasteiger partial charge on any atom is 0.408 e. The predicted octanol–water partition coefficient (Wildman–Crippen LogP) is 1.07. The molecular weight excluding hydrogens is 238 g/mol. The number of hydrogen-bond acceptors (Lipinski definition) is 5. The molecule has 0 aliphatic rings. The second-order valence-electron chi connectivity index (χ2n) is 5.38. The van der Waals surface area contributed by atoms with E-state index >= 15 is 0 Å². The summed E-state index contributed by atoms with van der Waals surface area (Å²) in [5.41, 5.74) is -0.673. The molecule has 0 aromatic rings. The quantitative estimate of drug-likeness (QED) is 0.739. The van der Waals surface area contributed by atoms with Gasteiger partial charge in [0.1, 0.15) is 5.60 Å². The summed E-state index contributed by atoms with van der Waals surface area (Å²) in [7, 11) is 1.19. The summed E-state index contributed by atoms with van der Waals surface area (Å²) < 4.78 is 9.57. The Kier molecular flexibility index (Phi) is 6.11. The molecule has 0 bridgehead atoms. The molecule has 1 amide bonds. The van der Waals surface area contributed by atoms with Gasteiger partial charge >= 0.3 is 12.1 Å². The maximum absolute atomic E-state index is 11.6. The van der Waals surface area contributed by atoms with Crippen molar-refractivity contribution >= 4 is 12.1 Å². The number of esters is 1. The zero-order chi connectivity index (χ0) is 14.5. The Hall–Kier alpha value is -1.30. The second-order valence-corrected chi connectivity index (χ2v) is 5.38. The van der Waals surface area contributed by atoms with E-state index in [-0.39, 0.29) is 5.92 Å². The van der Waals surface area contributed by atoms with Crippen LogP contribution in [0.1, 0.15) is 34.6 Å². The summed E-state index contributed by atoms with van der Waals surface area (Å²) >= 11 is 0. The van der Waals surface area contributed by atoms with Gasteiger partial charge in [-0.15, -0.1) is 0 Å². The van der Waals surface area contributed by atoms with Crippen molar-refractivity contribution in [3.63, 3.8) is 0 Å². The van der Waals surface area contributed by atoms with Crippen molar-refractivity contribution in [3.8, 4) is 0 Å². The third kappa shape index (κ3) is 5.86. The second kappa shape index (κ2) is 6.58. The zero-order valence-electron chi connectivity index (χ0n) is 11.8. The molecule has 0 saturated heterocycles. The average Bonchev–Trinajstić information content (AvgIpc) is 2.21. The lowest BCUT2D eigenvalue weighted by Gasteiger charge is -2.26. The van der Waals surface area contributed by atoms with E-state index < -0.39 is 29.8 Å². The molecule has 6 nitrogen and oxygen atoms in total. The molecule has 0 rings (SSSR count). The molecule has 0 aromatic carbocycles. The number of aliphatic hydroxyl groups excluding tert-OH is 1. The third-order valence-electron chi connectivity index (χ3n) is 2.15. The minimum absolute atomic E-state index is 0.205. The minimum atomic E-state index is -1.13. The highest BCUT2D eigenvalue weighted by atomic mass is 16.6. The van der Waals surface area contributed by atoms with Crippen molar-refractivity contribution in [1.29, 1.82) is 0 Å². The van der Waals surface area contributed by atoms with Crippen LogP contribution in [0.4, 0.5) is 4.79 Å². The fourth-order valence-corrected chi connectivity index (χ4v) is 1.23. The van der Waals surface area contributed by atoms with Gasteiger partial charge in [0.05, 0.1) is 13.2 Å². The molecule has 0 aliphatic heterocycles. The number of methoxy groups -OCH3 is 1. The van der Waals surface area contributed by atoms with Crippen molar-refractivity contribution in [2.45, 2.75) is 52.4 Å². The monoisotopic (exact) mass is 261 g/mol. The van der Waals surface area contributed by atoms with Crippen LogP contribution < -0.4 is 5.32 Å². The molecule has 0 spiro atoms. The number of amides is 1. The molecule has 2 N–H and O–H groups in total. The zero-order valence-corrected chi connectivity index (χ0v) is 11.8. The fraction of sp³-hybridized carbons (Fsp3) is 0.833. The number of alkyl carbamates (subject to hydrolysis) is 1. The third-order valence-corrected chi connectivity index (χ3v) is 2.15. The molecule has 0 radical (unpaired) electrons. The summed E-state index contributed by atoms with van der Waals surface area (Å²) in [6, 6.07) is -1.13. The average molecular weight is 261 g/mol. The number of nitrogens with one attached hydrogen (secondary N) is 1. The van der Waals surface area contributed by atoms with Crippen LogP contribution in [-0.2, 0) is 14.3 Å². The molecule has 0 saturated carbocycles. The summed E-state index contributed by atoms with van der Waals surface area (Å²) in [5, 5.41) is 12.2. The molecule has 0 fully saturated rings. The van der Waals surface area contributed by atoms with Crippen LogP contribution in [0, 0.1) is 5.92 Å². The van der Waals surface area contributed by atoms with Gasteiger partial charge in [-0.2, -0.15) is 0 Å². The Bertz CT molecular complexity index is 295. The number of aliphatic hydroxyl groups is 1. The Labute approximate surface area is 108 Å². The lowest BCUT2D eigenvalue weighted by molar-refractivity contribution is -0.147. The van der Waals surface area contributed by atoms with Gasteiger partial charge in [-0.25, -0.2) is 9.59 Å². The number of ether oxygens (including phenoxy) is 2. The number of hydrogen-bond donors (Lipinski definition) is 2. The van der Waals surface area contributed by atoms with E-state index in [9.17, 15) is 14.7 Å². The molecule has 6 heteroatoms. The largest absolute Gasteiger partial charge is 0.467 e. The summed E-state index contributed by atoms with van der Waals surface area (Å²) in [6.45, 7) is 8.59. The van der Waals surface area contributed by atoms with Gasteiger partial charge in [0.25, 0.3) is 0 Å². The molecule has 0 unspecified atom stereocenters. The Morgan fingerprint density at radius 2 is 1.72 bits per heavy atom. The van der Waals surface area contributed by atoms with E-state index in [4.69, 9.17) is 4.74 Å². The van der Waals surface area contributed by atoms with Crippen LogP contribution in [0.15, 0.2) is 0 Å². The van der Waals surface area contributed by atoms with Gasteiger partial charge in [-0.1, -0.05) is 13.8 Å². The smallest absolute Gasteiger partial charge is 0.408 e. The Balaban J connectivity index is 4.70. The van der Waals surface area contributed by atoms with Crippen molar-refractivity contribution in [2.24, 2.45) is 5.92 Å². The predicted molar refractivity (Wildman–Crippen MR) is 66.0 cm³/mol. The number of carbonyl (C=O) groups excluding carboxylic acids is 2. The number of rotatable bonds is 4. The molecule has 18 heavy (non-hydrogen) atoms. The van der Waals surface area contributed by atoms with Gasteiger partial charge in [0.15, 0.2) is 6.04 Å². The maximum atomic E-state index is 11.6. The topological polar surface area (TPSA) is 84.9 Å². The van der Waals surface area contributed by atoms with E-state index in [1.165, 1.54) is 7.11 Å². The van der Waals surface area contributed by atoms with E-state index in [1.54, 1.807) is 34.6 Å². The molecule has 2 atom stereocenters. The molecule has 0 aromatic heterocycles. The van der Waals surface area contributed by atoms with E-state index in [0.29, 0.717) is 0 Å². The van der Waals surface area contributed by atoms with E-state index in [0.717, 1.165) is 0 Å². The van der Waals surface area contributed by atoms with Gasteiger partial charge in [0, 0.05) is 0 Å². The first kappa shape index (κ1) is 16.7. The lowest BCUT2D eigenvalue weighted by Crippen LogP contribution is -2.52. The van der Waals surface area contributed by atoms with Crippen LogP contribution >= 0.6 is 0 Å². The minimum Gasteiger partial charge on any atom is -0.467 e. The summed E-state index contributed by atoms with van der Waals surface area (Å²) in [4.78, 5) is 23.1. The fourth-order valence-electron chi connectivity index (χ4n) is 1.23. The van der Waals surface area contributed by atoms with Gasteiger partial charge < -0.3 is 19.9 Å². The standard InChI is InChI=1S/C12H23NO5/c1-7(2)9(14)8(10(15)17-6)13-11(16)18-12(3,4)5/h7-9,14H,1-6H3,(H,13,16)/t8-,9-/m1/s1. The number of carbonyl (C=O) groups is 2. The van der Waals surface area contributed by atoms with Crippen LogP contribution in [-0.4, -0.2) is 42.0 Å². The molecular formula is C12H23NO5. The van der Waals surface area contributed by atoms with Crippen LogP contribution in [0.25, 0.3) is 0 Å². The molecule has 106 valence electrons. The highest BCUT2D eigenvalue weighted by molar-refractivity contribution is 5.82. The van der Waals surface area contributed by atoms with Gasteiger partial charge in [0.2, 0.25) is 0 Å². The van der Waals surface area contributed by atoms with Crippen LogP contribution in [0.3, 0.4) is 0 Å². The van der Waals surface area contributed by atoms with Crippen molar-refractivity contribution in [3.05, 3.63) is 0 Å². The molecule has 0 heterocycles. The van der Waals surface area contributed by atoms with Gasteiger partial charge in [-0.3, -0.25) is 0 Å². The van der Waals surface area contributed by atoms with Crippen molar-refractivity contribution in [1.82, 2.24) is 5.32 Å². The van der Waals surface area contributed by atoms with Gasteiger partial charge in [-0.05, 0) is 26.7 Å². The SMILES string of the molecule is COC(=O)[C@H](NC(=O)OC(C)(C)C)[C@H](O)C(C)C. The lowest BCUT2D eigenvalue weighted by atomic mass is 10.00.